The van der Waals surface area contributed by atoms with Gasteiger partial charge in [0.25, 0.3) is 0 Å². The van der Waals surface area contributed by atoms with Crippen molar-refractivity contribution in [3.8, 4) is 6.07 Å². The first-order valence-electron chi connectivity index (χ1n) is 4.75. The first kappa shape index (κ1) is 13.6. The molecule has 5 heteroatoms. The molecule has 84 valence electrons. The number of amides is 1. The lowest BCUT2D eigenvalue weighted by Gasteiger charge is -2.20. The fraction of sp³-hybridized carbons (Fsp3) is 0.700. The summed E-state index contributed by atoms with van der Waals surface area (Å²) in [5.74, 6) is -0.408. The highest BCUT2D eigenvalue weighted by Gasteiger charge is 2.14. The number of hydrogen-bond acceptors (Lipinski definition) is 4. The minimum absolute atomic E-state index is 0.102. The summed E-state index contributed by atoms with van der Waals surface area (Å²) in [6, 6.07) is 1.96. The molecule has 0 aliphatic carbocycles. The van der Waals surface area contributed by atoms with E-state index in [-0.39, 0.29) is 24.5 Å². The van der Waals surface area contributed by atoms with Crippen molar-refractivity contribution >= 4 is 11.7 Å². The van der Waals surface area contributed by atoms with Gasteiger partial charge in [-0.05, 0) is 6.92 Å². The Bertz CT molecular complexity index is 258. The zero-order valence-corrected chi connectivity index (χ0v) is 9.15. The third-order valence-electron chi connectivity index (χ3n) is 1.81. The van der Waals surface area contributed by atoms with Crippen molar-refractivity contribution in [3.63, 3.8) is 0 Å². The first-order chi connectivity index (χ1) is 7.11. The van der Waals surface area contributed by atoms with Gasteiger partial charge in [-0.1, -0.05) is 0 Å². The molecular formula is C10H16N2O3. The number of carbonyl (C=O) groups is 2. The Balaban J connectivity index is 4.14. The summed E-state index contributed by atoms with van der Waals surface area (Å²) in [5.41, 5.74) is 0. The Labute approximate surface area is 89.6 Å². The molecule has 0 rings (SSSR count). The number of nitrogens with zero attached hydrogens (tertiary/aromatic N) is 2. The Morgan fingerprint density at radius 2 is 2.07 bits per heavy atom. The van der Waals surface area contributed by atoms with Crippen LogP contribution in [0.15, 0.2) is 0 Å². The smallest absolute Gasteiger partial charge is 0.230 e. The topological polar surface area (TPSA) is 70.4 Å². The second-order valence-corrected chi connectivity index (χ2v) is 3.16. The highest BCUT2D eigenvalue weighted by Crippen LogP contribution is 1.97. The van der Waals surface area contributed by atoms with Gasteiger partial charge in [0.1, 0.15) is 5.78 Å². The van der Waals surface area contributed by atoms with Gasteiger partial charge in [0.2, 0.25) is 5.91 Å². The van der Waals surface area contributed by atoms with Gasteiger partial charge in [-0.15, -0.1) is 0 Å². The van der Waals surface area contributed by atoms with E-state index in [4.69, 9.17) is 10.00 Å². The average Bonchev–Trinajstić information content (AvgIpc) is 2.17. The van der Waals surface area contributed by atoms with Crippen molar-refractivity contribution in [1.29, 1.82) is 5.26 Å². The van der Waals surface area contributed by atoms with Crippen LogP contribution in [0.2, 0.25) is 0 Å². The Morgan fingerprint density at radius 3 is 2.53 bits per heavy atom. The molecule has 5 nitrogen and oxygen atoms in total. The van der Waals surface area contributed by atoms with Gasteiger partial charge in [-0.3, -0.25) is 9.59 Å². The fourth-order valence-corrected chi connectivity index (χ4v) is 1.07. The maximum absolute atomic E-state index is 11.5. The predicted molar refractivity (Wildman–Crippen MR) is 54.0 cm³/mol. The van der Waals surface area contributed by atoms with Gasteiger partial charge >= 0.3 is 0 Å². The number of ether oxygens (including phenoxy) is 1. The zero-order valence-electron chi connectivity index (χ0n) is 9.15. The highest BCUT2D eigenvalue weighted by atomic mass is 16.5. The molecule has 0 aromatic heterocycles. The van der Waals surface area contributed by atoms with E-state index in [1.807, 2.05) is 6.07 Å². The van der Waals surface area contributed by atoms with E-state index in [1.165, 1.54) is 18.9 Å². The Hall–Kier alpha value is -1.41. The van der Waals surface area contributed by atoms with E-state index in [0.717, 1.165) is 0 Å². The van der Waals surface area contributed by atoms with Crippen molar-refractivity contribution in [3.05, 3.63) is 0 Å². The molecule has 0 N–H and O–H groups in total. The monoisotopic (exact) mass is 212 g/mol. The summed E-state index contributed by atoms with van der Waals surface area (Å²) in [7, 11) is 1.54. The Morgan fingerprint density at radius 1 is 1.40 bits per heavy atom. The van der Waals surface area contributed by atoms with Crippen LogP contribution >= 0.6 is 0 Å². The van der Waals surface area contributed by atoms with Gasteiger partial charge < -0.3 is 9.64 Å². The normalized spacial score (nSPS) is 9.40. The lowest BCUT2D eigenvalue weighted by atomic mass is 10.2. The fourth-order valence-electron chi connectivity index (χ4n) is 1.07. The lowest BCUT2D eigenvalue weighted by Crippen LogP contribution is -2.35. The number of rotatable bonds is 7. The first-order valence-corrected chi connectivity index (χ1v) is 4.75. The molecule has 0 spiro atoms. The van der Waals surface area contributed by atoms with Gasteiger partial charge in [-0.25, -0.2) is 0 Å². The van der Waals surface area contributed by atoms with E-state index in [9.17, 15) is 9.59 Å². The maximum Gasteiger partial charge on any atom is 0.230 e. The molecule has 0 fully saturated rings. The summed E-state index contributed by atoms with van der Waals surface area (Å²) >= 11 is 0. The van der Waals surface area contributed by atoms with Crippen molar-refractivity contribution in [2.24, 2.45) is 0 Å². The van der Waals surface area contributed by atoms with Crippen LogP contribution in [0.5, 0.6) is 0 Å². The molecule has 0 aliphatic rings. The minimum atomic E-state index is -0.241. The zero-order chi connectivity index (χ0) is 11.7. The summed E-state index contributed by atoms with van der Waals surface area (Å²) in [4.78, 5) is 23.7. The average molecular weight is 212 g/mol. The number of carbonyl (C=O) groups excluding carboxylic acids is 2. The SMILES string of the molecule is COCCN(CCC#N)C(=O)CC(C)=O. The molecule has 0 aromatic rings. The molecule has 0 bridgehead atoms. The van der Waals surface area contributed by atoms with Gasteiger partial charge in [0.05, 0.1) is 25.5 Å². The quantitative estimate of drug-likeness (QED) is 0.571. The van der Waals surface area contributed by atoms with Crippen molar-refractivity contribution < 1.29 is 14.3 Å². The number of nitriles is 1. The minimum Gasteiger partial charge on any atom is -0.383 e. The summed E-state index contributed by atoms with van der Waals surface area (Å²) in [5, 5.41) is 8.42. The summed E-state index contributed by atoms with van der Waals surface area (Å²) < 4.78 is 4.85. The van der Waals surface area contributed by atoms with Crippen molar-refractivity contribution in [2.75, 3.05) is 26.8 Å². The number of Topliss-reactive ketones (excluding diaryl/α,β-unsaturated/α-hetero) is 1. The van der Waals surface area contributed by atoms with Crippen LogP contribution in [0.4, 0.5) is 0 Å². The lowest BCUT2D eigenvalue weighted by molar-refractivity contribution is -0.135. The molecule has 0 unspecified atom stereocenters. The van der Waals surface area contributed by atoms with E-state index >= 15 is 0 Å². The van der Waals surface area contributed by atoms with Gasteiger partial charge in [0, 0.05) is 20.2 Å². The van der Waals surface area contributed by atoms with Crippen LogP contribution in [0, 0.1) is 11.3 Å². The van der Waals surface area contributed by atoms with Gasteiger partial charge in [0.15, 0.2) is 0 Å². The predicted octanol–water partition coefficient (Wildman–Crippen LogP) is 0.354. The second kappa shape index (κ2) is 7.94. The van der Waals surface area contributed by atoms with E-state index in [2.05, 4.69) is 0 Å². The van der Waals surface area contributed by atoms with E-state index in [1.54, 1.807) is 0 Å². The second-order valence-electron chi connectivity index (χ2n) is 3.16. The molecular weight excluding hydrogens is 196 g/mol. The van der Waals surface area contributed by atoms with Crippen LogP contribution in [0.25, 0.3) is 0 Å². The Kier molecular flexibility index (Phi) is 7.20. The van der Waals surface area contributed by atoms with E-state index in [0.29, 0.717) is 19.7 Å². The van der Waals surface area contributed by atoms with Crippen LogP contribution in [-0.4, -0.2) is 43.4 Å². The molecule has 15 heavy (non-hydrogen) atoms. The molecule has 1 amide bonds. The van der Waals surface area contributed by atoms with Crippen molar-refractivity contribution in [2.45, 2.75) is 19.8 Å². The molecule has 0 heterocycles. The van der Waals surface area contributed by atoms with Crippen molar-refractivity contribution in [1.82, 2.24) is 4.90 Å². The van der Waals surface area contributed by atoms with Crippen LogP contribution in [0.1, 0.15) is 19.8 Å². The largest absolute Gasteiger partial charge is 0.383 e. The number of hydrogen-bond donors (Lipinski definition) is 0. The van der Waals surface area contributed by atoms with Gasteiger partial charge in [-0.2, -0.15) is 5.26 Å². The van der Waals surface area contributed by atoms with E-state index < -0.39 is 0 Å². The molecule has 0 aromatic carbocycles. The molecule has 0 saturated carbocycles. The highest BCUT2D eigenvalue weighted by molar-refractivity contribution is 5.96. The molecule has 0 atom stereocenters. The summed E-state index contributed by atoms with van der Waals surface area (Å²) in [6.45, 7) is 2.56. The maximum atomic E-state index is 11.5. The van der Waals surface area contributed by atoms with Crippen LogP contribution in [-0.2, 0) is 14.3 Å². The molecule has 0 radical (unpaired) electrons. The van der Waals surface area contributed by atoms with Crippen LogP contribution in [0.3, 0.4) is 0 Å². The summed E-state index contributed by atoms with van der Waals surface area (Å²) in [6.07, 6.45) is 0.169. The third-order valence-corrected chi connectivity index (χ3v) is 1.81. The standard InChI is InChI=1S/C10H16N2O3/c1-9(13)8-10(14)12(5-3-4-11)6-7-15-2/h3,5-8H2,1-2H3. The van der Waals surface area contributed by atoms with Crippen LogP contribution < -0.4 is 0 Å². The molecule has 0 saturated heterocycles. The number of ketones is 1. The molecule has 0 aliphatic heterocycles. The third kappa shape index (κ3) is 6.63. The number of methoxy groups -OCH3 is 1.